The van der Waals surface area contributed by atoms with Crippen LogP contribution in [0.4, 0.5) is 0 Å². The Kier molecular flexibility index (Phi) is 3.66. The number of ketones is 1. The summed E-state index contributed by atoms with van der Waals surface area (Å²) in [5, 5.41) is 8.64. The minimum atomic E-state index is -1.44. The number of benzene rings is 1. The van der Waals surface area contributed by atoms with Crippen LogP contribution in [0.25, 0.3) is 0 Å². The van der Waals surface area contributed by atoms with Gasteiger partial charge in [-0.1, -0.05) is 0 Å². The summed E-state index contributed by atoms with van der Waals surface area (Å²) < 4.78 is 5.35. The predicted octanol–water partition coefficient (Wildman–Crippen LogP) is 1.97. The van der Waals surface area contributed by atoms with Gasteiger partial charge in [0, 0.05) is 5.56 Å². The molecule has 1 aromatic carbocycles. The molecule has 0 unspecified atom stereocenters. The molecule has 0 aliphatic heterocycles. The van der Waals surface area contributed by atoms with Gasteiger partial charge in [0.05, 0.1) is 6.61 Å². The van der Waals surface area contributed by atoms with Gasteiger partial charge in [-0.05, 0) is 44.0 Å². The maximum absolute atomic E-state index is 11.3. The average Bonchev–Trinajstić information content (AvgIpc) is 2.22. The van der Waals surface area contributed by atoms with Gasteiger partial charge in [0.2, 0.25) is 0 Å². The molecule has 86 valence electrons. The SMILES string of the molecule is CCOc1cc(C)c(C(=O)C(=O)O)cc1C. The van der Waals surface area contributed by atoms with Gasteiger partial charge in [-0.3, -0.25) is 4.79 Å². The molecule has 0 amide bonds. The second-order valence-electron chi connectivity index (χ2n) is 3.50. The van der Waals surface area contributed by atoms with Gasteiger partial charge in [0.25, 0.3) is 5.78 Å². The molecular weight excluding hydrogens is 208 g/mol. The van der Waals surface area contributed by atoms with Crippen LogP contribution in [0.2, 0.25) is 0 Å². The maximum Gasteiger partial charge on any atom is 0.377 e. The number of aliphatic carboxylic acids is 1. The van der Waals surface area contributed by atoms with Gasteiger partial charge in [0.15, 0.2) is 0 Å². The van der Waals surface area contributed by atoms with Crippen molar-refractivity contribution in [2.45, 2.75) is 20.8 Å². The fourth-order valence-corrected chi connectivity index (χ4v) is 1.46. The topological polar surface area (TPSA) is 63.6 Å². The van der Waals surface area contributed by atoms with E-state index in [0.717, 1.165) is 5.56 Å². The number of carboxylic acids is 1. The lowest BCUT2D eigenvalue weighted by molar-refractivity contribution is -0.131. The van der Waals surface area contributed by atoms with Gasteiger partial charge >= 0.3 is 5.97 Å². The van der Waals surface area contributed by atoms with Crippen LogP contribution in [0.15, 0.2) is 12.1 Å². The molecule has 4 heteroatoms. The first-order valence-electron chi connectivity index (χ1n) is 4.99. The molecule has 0 aliphatic carbocycles. The quantitative estimate of drug-likeness (QED) is 0.625. The third kappa shape index (κ3) is 2.39. The smallest absolute Gasteiger partial charge is 0.377 e. The summed E-state index contributed by atoms with van der Waals surface area (Å²) >= 11 is 0. The molecule has 0 bridgehead atoms. The Morgan fingerprint density at radius 2 is 1.88 bits per heavy atom. The summed E-state index contributed by atoms with van der Waals surface area (Å²) in [5.74, 6) is -1.64. The van der Waals surface area contributed by atoms with Gasteiger partial charge in [-0.25, -0.2) is 4.79 Å². The molecule has 0 saturated carbocycles. The zero-order chi connectivity index (χ0) is 12.3. The first-order valence-corrected chi connectivity index (χ1v) is 4.99. The Balaban J connectivity index is 3.20. The van der Waals surface area contributed by atoms with Crippen molar-refractivity contribution in [2.24, 2.45) is 0 Å². The first-order chi connectivity index (χ1) is 7.47. The van der Waals surface area contributed by atoms with Crippen LogP contribution in [-0.4, -0.2) is 23.5 Å². The standard InChI is InChI=1S/C12H14O4/c1-4-16-10-6-7(2)9(5-8(10)3)11(13)12(14)15/h5-6H,4H2,1-3H3,(H,14,15). The lowest BCUT2D eigenvalue weighted by Gasteiger charge is -2.10. The van der Waals surface area contributed by atoms with Crippen LogP contribution in [0.1, 0.15) is 28.4 Å². The number of carbonyl (C=O) groups is 2. The monoisotopic (exact) mass is 222 g/mol. The van der Waals surface area contributed by atoms with E-state index in [4.69, 9.17) is 9.84 Å². The highest BCUT2D eigenvalue weighted by Gasteiger charge is 2.18. The normalized spacial score (nSPS) is 9.94. The van der Waals surface area contributed by atoms with Crippen molar-refractivity contribution in [3.8, 4) is 5.75 Å². The summed E-state index contributed by atoms with van der Waals surface area (Å²) in [6.07, 6.45) is 0. The number of carboxylic acid groups (broad SMARTS) is 1. The lowest BCUT2D eigenvalue weighted by Crippen LogP contribution is -2.14. The van der Waals surface area contributed by atoms with E-state index in [-0.39, 0.29) is 5.56 Å². The second kappa shape index (κ2) is 4.79. The second-order valence-corrected chi connectivity index (χ2v) is 3.50. The summed E-state index contributed by atoms with van der Waals surface area (Å²) in [7, 11) is 0. The Morgan fingerprint density at radius 3 is 2.38 bits per heavy atom. The largest absolute Gasteiger partial charge is 0.494 e. The Bertz CT molecular complexity index is 435. The number of ether oxygens (including phenoxy) is 1. The minimum absolute atomic E-state index is 0.216. The molecule has 0 aromatic heterocycles. The maximum atomic E-state index is 11.3. The van der Waals surface area contributed by atoms with E-state index in [2.05, 4.69) is 0 Å². The van der Waals surface area contributed by atoms with E-state index >= 15 is 0 Å². The average molecular weight is 222 g/mol. The Labute approximate surface area is 93.9 Å². The molecule has 0 radical (unpaired) electrons. The van der Waals surface area contributed by atoms with E-state index in [1.807, 2.05) is 6.92 Å². The zero-order valence-corrected chi connectivity index (χ0v) is 9.53. The Morgan fingerprint density at radius 1 is 1.25 bits per heavy atom. The molecule has 0 saturated heterocycles. The number of hydrogen-bond acceptors (Lipinski definition) is 3. The summed E-state index contributed by atoms with van der Waals surface area (Å²) in [6.45, 7) is 5.87. The summed E-state index contributed by atoms with van der Waals surface area (Å²) in [4.78, 5) is 21.9. The van der Waals surface area contributed by atoms with Crippen LogP contribution in [0.5, 0.6) is 5.75 Å². The number of Topliss-reactive ketones (excluding diaryl/α,β-unsaturated/α-hetero) is 1. The number of hydrogen-bond donors (Lipinski definition) is 1. The molecule has 0 fully saturated rings. The van der Waals surface area contributed by atoms with Crippen LogP contribution in [0, 0.1) is 13.8 Å². The number of aryl methyl sites for hydroxylation is 2. The van der Waals surface area contributed by atoms with Gasteiger partial charge in [-0.2, -0.15) is 0 Å². The number of carbonyl (C=O) groups excluding carboxylic acids is 1. The van der Waals surface area contributed by atoms with Crippen molar-refractivity contribution in [1.29, 1.82) is 0 Å². The van der Waals surface area contributed by atoms with E-state index in [1.165, 1.54) is 0 Å². The van der Waals surface area contributed by atoms with Crippen molar-refractivity contribution in [1.82, 2.24) is 0 Å². The molecule has 0 aliphatic rings. The highest BCUT2D eigenvalue weighted by Crippen LogP contribution is 2.23. The van der Waals surface area contributed by atoms with Crippen molar-refractivity contribution in [3.63, 3.8) is 0 Å². The zero-order valence-electron chi connectivity index (χ0n) is 9.53. The Hall–Kier alpha value is -1.84. The summed E-state index contributed by atoms with van der Waals surface area (Å²) in [6, 6.07) is 3.24. The van der Waals surface area contributed by atoms with E-state index in [0.29, 0.717) is 17.9 Å². The van der Waals surface area contributed by atoms with E-state index < -0.39 is 11.8 Å². The molecule has 1 aromatic rings. The van der Waals surface area contributed by atoms with Crippen LogP contribution in [0.3, 0.4) is 0 Å². The van der Waals surface area contributed by atoms with Gasteiger partial charge < -0.3 is 9.84 Å². The van der Waals surface area contributed by atoms with Gasteiger partial charge in [-0.15, -0.1) is 0 Å². The van der Waals surface area contributed by atoms with Crippen molar-refractivity contribution >= 4 is 11.8 Å². The molecule has 0 heterocycles. The third-order valence-corrected chi connectivity index (χ3v) is 2.26. The molecule has 0 spiro atoms. The van der Waals surface area contributed by atoms with Crippen LogP contribution in [-0.2, 0) is 4.79 Å². The van der Waals surface area contributed by atoms with E-state index in [1.54, 1.807) is 26.0 Å². The minimum Gasteiger partial charge on any atom is -0.494 e. The molecular formula is C12H14O4. The van der Waals surface area contributed by atoms with Crippen LogP contribution >= 0.6 is 0 Å². The fraction of sp³-hybridized carbons (Fsp3) is 0.333. The third-order valence-electron chi connectivity index (χ3n) is 2.26. The van der Waals surface area contributed by atoms with Crippen molar-refractivity contribution < 1.29 is 19.4 Å². The van der Waals surface area contributed by atoms with Crippen LogP contribution < -0.4 is 4.74 Å². The molecule has 16 heavy (non-hydrogen) atoms. The first kappa shape index (κ1) is 12.2. The highest BCUT2D eigenvalue weighted by molar-refractivity contribution is 6.40. The highest BCUT2D eigenvalue weighted by atomic mass is 16.5. The lowest BCUT2D eigenvalue weighted by atomic mass is 10.0. The predicted molar refractivity (Wildman–Crippen MR) is 59.1 cm³/mol. The summed E-state index contributed by atoms with van der Waals surface area (Å²) in [5.41, 5.74) is 1.59. The van der Waals surface area contributed by atoms with Crippen molar-refractivity contribution in [3.05, 3.63) is 28.8 Å². The van der Waals surface area contributed by atoms with E-state index in [9.17, 15) is 9.59 Å². The molecule has 0 atom stereocenters. The van der Waals surface area contributed by atoms with Crippen molar-refractivity contribution in [2.75, 3.05) is 6.61 Å². The molecule has 1 N–H and O–H groups in total. The fourth-order valence-electron chi connectivity index (χ4n) is 1.46. The number of rotatable bonds is 4. The molecule has 4 nitrogen and oxygen atoms in total. The van der Waals surface area contributed by atoms with Gasteiger partial charge in [0.1, 0.15) is 5.75 Å². The molecule has 1 rings (SSSR count).